The van der Waals surface area contributed by atoms with Crippen LogP contribution >= 0.6 is 24.4 Å². The van der Waals surface area contributed by atoms with Crippen LogP contribution in [0, 0.1) is 5.92 Å². The summed E-state index contributed by atoms with van der Waals surface area (Å²) in [6, 6.07) is -4.57. The van der Waals surface area contributed by atoms with E-state index in [2.05, 4.69) is 28.6 Å². The van der Waals surface area contributed by atoms with Crippen molar-refractivity contribution in [1.29, 1.82) is 0 Å². The van der Waals surface area contributed by atoms with E-state index in [0.29, 0.717) is 12.2 Å². The third-order valence-electron chi connectivity index (χ3n) is 4.64. The van der Waals surface area contributed by atoms with Gasteiger partial charge in [0.25, 0.3) is 0 Å². The highest BCUT2D eigenvalue weighted by atomic mass is 32.2. The number of rotatable bonds is 15. The fraction of sp³-hybridized carbons (Fsp3) is 0.722. The molecule has 0 bridgehead atoms. The molecule has 0 aliphatic heterocycles. The van der Waals surface area contributed by atoms with Gasteiger partial charge in [0, 0.05) is 5.75 Å². The monoisotopic (exact) mass is 479 g/mol. The summed E-state index contributed by atoms with van der Waals surface area (Å²) in [5, 5.41) is 16.4. The number of thiol groups is 1. The van der Waals surface area contributed by atoms with Gasteiger partial charge in [-0.25, -0.2) is 4.79 Å². The van der Waals surface area contributed by atoms with E-state index in [4.69, 9.17) is 11.5 Å². The number of carbonyl (C=O) groups excluding carboxylic acids is 4. The van der Waals surface area contributed by atoms with Crippen LogP contribution in [0.15, 0.2) is 0 Å². The van der Waals surface area contributed by atoms with E-state index in [-0.39, 0.29) is 18.1 Å². The zero-order valence-corrected chi connectivity index (χ0v) is 19.6. The molecule has 13 heteroatoms. The molecule has 0 aromatic carbocycles. The lowest BCUT2D eigenvalue weighted by Gasteiger charge is -2.25. The van der Waals surface area contributed by atoms with Gasteiger partial charge in [0.05, 0.1) is 12.5 Å². The van der Waals surface area contributed by atoms with E-state index >= 15 is 0 Å². The van der Waals surface area contributed by atoms with E-state index in [0.717, 1.165) is 0 Å². The summed E-state index contributed by atoms with van der Waals surface area (Å²) in [6.07, 6.45) is 2.05. The molecule has 5 atom stereocenters. The Morgan fingerprint density at radius 3 is 1.97 bits per heavy atom. The lowest BCUT2D eigenvalue weighted by atomic mass is 9.99. The van der Waals surface area contributed by atoms with Crippen molar-refractivity contribution < 1.29 is 29.1 Å². The number of nitrogens with one attached hydrogen (secondary N) is 3. The molecule has 4 amide bonds. The Balaban J connectivity index is 5.27. The fourth-order valence-electron chi connectivity index (χ4n) is 2.42. The van der Waals surface area contributed by atoms with Gasteiger partial charge >= 0.3 is 5.97 Å². The molecule has 0 aliphatic rings. The third kappa shape index (κ3) is 10.7. The van der Waals surface area contributed by atoms with Gasteiger partial charge in [-0.15, -0.1) is 0 Å². The number of amides is 4. The van der Waals surface area contributed by atoms with Crippen LogP contribution in [0.25, 0.3) is 0 Å². The van der Waals surface area contributed by atoms with Crippen molar-refractivity contribution in [2.45, 2.75) is 57.3 Å². The minimum Gasteiger partial charge on any atom is -0.480 e. The molecule has 0 aromatic heterocycles. The van der Waals surface area contributed by atoms with E-state index in [1.54, 1.807) is 13.2 Å². The first-order valence-electron chi connectivity index (χ1n) is 9.75. The van der Waals surface area contributed by atoms with Crippen molar-refractivity contribution in [3.63, 3.8) is 0 Å². The number of carboxylic acid groups (broad SMARTS) is 1. The molecule has 0 heterocycles. The highest BCUT2D eigenvalue weighted by Crippen LogP contribution is 2.06. The Labute approximate surface area is 191 Å². The molecule has 0 fully saturated rings. The van der Waals surface area contributed by atoms with E-state index < -0.39 is 60.2 Å². The number of nitrogens with two attached hydrogens (primary N) is 2. The van der Waals surface area contributed by atoms with E-state index in [1.807, 2.05) is 6.92 Å². The number of hydrogen-bond acceptors (Lipinski definition) is 8. The van der Waals surface area contributed by atoms with Crippen molar-refractivity contribution >= 4 is 54.0 Å². The zero-order valence-electron chi connectivity index (χ0n) is 17.9. The largest absolute Gasteiger partial charge is 0.480 e. The predicted octanol–water partition coefficient (Wildman–Crippen LogP) is -1.54. The summed E-state index contributed by atoms with van der Waals surface area (Å²) in [5.41, 5.74) is 11.0. The summed E-state index contributed by atoms with van der Waals surface area (Å²) in [6.45, 7) is 3.67. The van der Waals surface area contributed by atoms with Gasteiger partial charge in [0.15, 0.2) is 0 Å². The van der Waals surface area contributed by atoms with Crippen LogP contribution in [-0.2, 0) is 24.0 Å². The Kier molecular flexibility index (Phi) is 14.0. The second-order valence-corrected chi connectivity index (χ2v) is 8.42. The van der Waals surface area contributed by atoms with E-state index in [1.165, 1.54) is 11.8 Å². The molecule has 0 aliphatic carbocycles. The third-order valence-corrected chi connectivity index (χ3v) is 5.65. The zero-order chi connectivity index (χ0) is 24.1. The maximum Gasteiger partial charge on any atom is 0.326 e. The van der Waals surface area contributed by atoms with Gasteiger partial charge in [-0.05, 0) is 24.3 Å². The molecule has 0 aromatic rings. The maximum absolute atomic E-state index is 12.6. The quantitative estimate of drug-likeness (QED) is 0.137. The molecule has 11 nitrogen and oxygen atoms in total. The highest BCUT2D eigenvalue weighted by molar-refractivity contribution is 7.98. The lowest BCUT2D eigenvalue weighted by Crippen LogP contribution is -2.58. The van der Waals surface area contributed by atoms with Crippen molar-refractivity contribution in [2.24, 2.45) is 17.4 Å². The molecular formula is C18H33N5O6S2. The minimum atomic E-state index is -1.41. The fourth-order valence-corrected chi connectivity index (χ4v) is 3.15. The molecule has 178 valence electrons. The Morgan fingerprint density at radius 2 is 1.52 bits per heavy atom. The number of primary amides is 1. The molecule has 0 saturated heterocycles. The number of aliphatic carboxylic acids is 1. The van der Waals surface area contributed by atoms with Crippen LogP contribution in [0.3, 0.4) is 0 Å². The van der Waals surface area contributed by atoms with Gasteiger partial charge in [-0.3, -0.25) is 19.2 Å². The Morgan fingerprint density at radius 1 is 1.00 bits per heavy atom. The van der Waals surface area contributed by atoms with Gasteiger partial charge in [-0.2, -0.15) is 24.4 Å². The first-order chi connectivity index (χ1) is 14.5. The smallest absolute Gasteiger partial charge is 0.326 e. The van der Waals surface area contributed by atoms with Gasteiger partial charge < -0.3 is 32.5 Å². The second kappa shape index (κ2) is 14.9. The summed E-state index contributed by atoms with van der Waals surface area (Å²) >= 11 is 5.45. The van der Waals surface area contributed by atoms with Crippen LogP contribution in [0.1, 0.15) is 33.1 Å². The average Bonchev–Trinajstić information content (AvgIpc) is 2.71. The SMILES string of the molecule is CCC(C)C(N)C(=O)NC(CS)C(=O)NC(CC(N)=O)C(=O)NC(CCSC)C(=O)O. The minimum absolute atomic E-state index is 0.0960. The summed E-state index contributed by atoms with van der Waals surface area (Å²) in [5.74, 6) is -4.06. The number of carboxylic acids is 1. The molecular weight excluding hydrogens is 446 g/mol. The first-order valence-corrected chi connectivity index (χ1v) is 11.8. The molecule has 0 rings (SSSR count). The Bertz CT molecular complexity index is 651. The Hall–Kier alpha value is -1.99. The van der Waals surface area contributed by atoms with E-state index in [9.17, 15) is 29.1 Å². The first kappa shape index (κ1) is 29.0. The normalized spacial score (nSPS) is 15.6. The van der Waals surface area contributed by atoms with Gasteiger partial charge in [0.1, 0.15) is 18.1 Å². The van der Waals surface area contributed by atoms with Crippen LogP contribution < -0.4 is 27.4 Å². The van der Waals surface area contributed by atoms with Crippen LogP contribution in [0.4, 0.5) is 0 Å². The summed E-state index contributed by atoms with van der Waals surface area (Å²) < 4.78 is 0. The van der Waals surface area contributed by atoms with Crippen molar-refractivity contribution in [3.8, 4) is 0 Å². The maximum atomic E-state index is 12.6. The van der Waals surface area contributed by atoms with Crippen molar-refractivity contribution in [3.05, 3.63) is 0 Å². The molecule has 0 saturated carbocycles. The summed E-state index contributed by atoms with van der Waals surface area (Å²) in [4.78, 5) is 60.1. The number of carbonyl (C=O) groups is 5. The van der Waals surface area contributed by atoms with Crippen LogP contribution in [0.5, 0.6) is 0 Å². The summed E-state index contributed by atoms with van der Waals surface area (Å²) in [7, 11) is 0. The van der Waals surface area contributed by atoms with Gasteiger partial charge in [0.2, 0.25) is 23.6 Å². The lowest BCUT2D eigenvalue weighted by molar-refractivity contribution is -0.142. The molecule has 0 radical (unpaired) electrons. The van der Waals surface area contributed by atoms with Gasteiger partial charge in [-0.1, -0.05) is 20.3 Å². The topological polar surface area (TPSA) is 194 Å². The molecule has 5 unspecified atom stereocenters. The van der Waals surface area contributed by atoms with Crippen LogP contribution in [0.2, 0.25) is 0 Å². The van der Waals surface area contributed by atoms with Crippen molar-refractivity contribution in [2.75, 3.05) is 17.8 Å². The highest BCUT2D eigenvalue weighted by Gasteiger charge is 2.31. The predicted molar refractivity (Wildman–Crippen MR) is 122 cm³/mol. The number of hydrogen-bond donors (Lipinski definition) is 7. The van der Waals surface area contributed by atoms with Crippen LogP contribution in [-0.4, -0.2) is 76.6 Å². The second-order valence-electron chi connectivity index (χ2n) is 7.07. The van der Waals surface area contributed by atoms with Crippen molar-refractivity contribution in [1.82, 2.24) is 16.0 Å². The standard InChI is InChI=1S/C18H33N5O6S2/c1-4-9(2)14(20)17(27)23-12(8-30)16(26)22-11(7-13(19)24)15(25)21-10(18(28)29)5-6-31-3/h9-12,14,30H,4-8,20H2,1-3H3,(H2,19,24)(H,21,25)(H,22,26)(H,23,27)(H,28,29). The molecule has 31 heavy (non-hydrogen) atoms. The number of thioether (sulfide) groups is 1. The molecule has 0 spiro atoms. The molecule has 8 N–H and O–H groups in total. The average molecular weight is 480 g/mol.